The molecule has 0 aliphatic heterocycles. The highest BCUT2D eigenvalue weighted by Crippen LogP contribution is 2.36. The Morgan fingerprint density at radius 2 is 2.09 bits per heavy atom. The number of fused-ring (bicyclic) bond motifs is 1. The first kappa shape index (κ1) is 14.1. The van der Waals surface area contributed by atoms with Crippen LogP contribution in [0.2, 0.25) is 0 Å². The first-order valence-corrected chi connectivity index (χ1v) is 7.04. The fourth-order valence-electron chi connectivity index (χ4n) is 2.91. The lowest BCUT2D eigenvalue weighted by molar-refractivity contribution is 0.460. The van der Waals surface area contributed by atoms with Crippen LogP contribution >= 0.6 is 0 Å². The van der Waals surface area contributed by atoms with Gasteiger partial charge in [-0.1, -0.05) is 18.2 Å². The smallest absolute Gasteiger partial charge is 0.211 e. The standard InChI is InChI=1S/C15H18N6O/c1-8-14-11(19-18-8)6-9(7-12(14)20-21-15(16)17)10-4-2-3-5-13(10)22/h2-5,9,22H,6-7H2,1H3,(H,18,19)(H4,16,17,21). The normalized spacial score (nSPS) is 19.0. The van der Waals surface area contributed by atoms with E-state index in [-0.39, 0.29) is 17.6 Å². The summed E-state index contributed by atoms with van der Waals surface area (Å²) in [5, 5.41) is 25.4. The van der Waals surface area contributed by atoms with Gasteiger partial charge in [0.2, 0.25) is 5.96 Å². The molecule has 114 valence electrons. The second kappa shape index (κ2) is 5.51. The summed E-state index contributed by atoms with van der Waals surface area (Å²) >= 11 is 0. The number of aromatic amines is 1. The molecule has 1 aromatic heterocycles. The Balaban J connectivity index is 2.04. The van der Waals surface area contributed by atoms with Gasteiger partial charge in [0.25, 0.3) is 0 Å². The number of H-pyrrole nitrogens is 1. The maximum Gasteiger partial charge on any atom is 0.211 e. The largest absolute Gasteiger partial charge is 0.508 e. The van der Waals surface area contributed by atoms with Gasteiger partial charge in [-0.3, -0.25) is 5.10 Å². The number of nitrogens with zero attached hydrogens (tertiary/aromatic N) is 3. The van der Waals surface area contributed by atoms with Crippen molar-refractivity contribution in [3.63, 3.8) is 0 Å². The third kappa shape index (κ3) is 2.52. The monoisotopic (exact) mass is 298 g/mol. The average Bonchev–Trinajstić information content (AvgIpc) is 2.87. The molecular weight excluding hydrogens is 280 g/mol. The number of aryl methyl sites for hydroxylation is 1. The van der Waals surface area contributed by atoms with Crippen molar-refractivity contribution in [3.05, 3.63) is 46.8 Å². The molecule has 0 fully saturated rings. The molecular formula is C15H18N6O. The maximum absolute atomic E-state index is 10.1. The number of benzene rings is 1. The lowest BCUT2D eigenvalue weighted by Crippen LogP contribution is -2.23. The van der Waals surface area contributed by atoms with Crippen molar-refractivity contribution in [1.82, 2.24) is 10.2 Å². The summed E-state index contributed by atoms with van der Waals surface area (Å²) in [4.78, 5) is 0. The number of para-hydroxylation sites is 1. The van der Waals surface area contributed by atoms with Crippen LogP contribution in [0, 0.1) is 6.92 Å². The Bertz CT molecular complexity index is 757. The van der Waals surface area contributed by atoms with Gasteiger partial charge in [-0.15, -0.1) is 5.10 Å². The molecule has 6 N–H and O–H groups in total. The maximum atomic E-state index is 10.1. The molecule has 0 saturated carbocycles. The number of phenolic OH excluding ortho intramolecular Hbond substituents is 1. The zero-order chi connectivity index (χ0) is 15.7. The van der Waals surface area contributed by atoms with E-state index in [9.17, 15) is 5.11 Å². The first-order chi connectivity index (χ1) is 10.6. The van der Waals surface area contributed by atoms with E-state index in [1.807, 2.05) is 19.1 Å². The number of phenols is 1. The number of hydrogen-bond donors (Lipinski definition) is 4. The molecule has 7 heteroatoms. The van der Waals surface area contributed by atoms with Crippen molar-refractivity contribution in [1.29, 1.82) is 0 Å². The van der Waals surface area contributed by atoms with E-state index < -0.39 is 0 Å². The number of guanidine groups is 1. The van der Waals surface area contributed by atoms with Crippen molar-refractivity contribution in [3.8, 4) is 5.75 Å². The molecule has 22 heavy (non-hydrogen) atoms. The molecule has 3 rings (SSSR count). The van der Waals surface area contributed by atoms with Crippen LogP contribution in [0.5, 0.6) is 5.75 Å². The van der Waals surface area contributed by atoms with Crippen molar-refractivity contribution in [2.45, 2.75) is 25.7 Å². The second-order valence-corrected chi connectivity index (χ2v) is 5.41. The van der Waals surface area contributed by atoms with Crippen LogP contribution in [0.25, 0.3) is 0 Å². The average molecular weight is 298 g/mol. The predicted molar refractivity (Wildman–Crippen MR) is 84.8 cm³/mol. The molecule has 0 bridgehead atoms. The number of aromatic hydroxyl groups is 1. The van der Waals surface area contributed by atoms with Crippen LogP contribution in [0.1, 0.15) is 34.9 Å². The van der Waals surface area contributed by atoms with Crippen LogP contribution in [0.4, 0.5) is 0 Å². The van der Waals surface area contributed by atoms with Gasteiger partial charge in [0.05, 0.1) is 11.4 Å². The van der Waals surface area contributed by atoms with Crippen LogP contribution in [-0.4, -0.2) is 27.0 Å². The van der Waals surface area contributed by atoms with E-state index in [2.05, 4.69) is 20.4 Å². The van der Waals surface area contributed by atoms with Crippen LogP contribution < -0.4 is 11.5 Å². The first-order valence-electron chi connectivity index (χ1n) is 7.04. The quantitative estimate of drug-likeness (QED) is 0.376. The van der Waals surface area contributed by atoms with E-state index >= 15 is 0 Å². The molecule has 0 radical (unpaired) electrons. The minimum absolute atomic E-state index is 0.0834. The molecule has 1 unspecified atom stereocenters. The number of rotatable bonds is 2. The van der Waals surface area contributed by atoms with E-state index in [1.165, 1.54) is 0 Å². The molecule has 0 saturated heterocycles. The van der Waals surface area contributed by atoms with Crippen molar-refractivity contribution in [2.24, 2.45) is 21.7 Å². The topological polar surface area (TPSA) is 126 Å². The summed E-state index contributed by atoms with van der Waals surface area (Å²) in [6.07, 6.45) is 1.37. The molecule has 2 aromatic rings. The summed E-state index contributed by atoms with van der Waals surface area (Å²) in [6, 6.07) is 7.32. The highest BCUT2D eigenvalue weighted by molar-refractivity contribution is 6.04. The van der Waals surface area contributed by atoms with E-state index in [0.717, 1.165) is 34.6 Å². The summed E-state index contributed by atoms with van der Waals surface area (Å²) in [6.45, 7) is 1.94. The number of aromatic nitrogens is 2. The zero-order valence-electron chi connectivity index (χ0n) is 12.2. The minimum Gasteiger partial charge on any atom is -0.508 e. The summed E-state index contributed by atoms with van der Waals surface area (Å²) in [7, 11) is 0. The lowest BCUT2D eigenvalue weighted by atomic mass is 9.81. The van der Waals surface area contributed by atoms with Gasteiger partial charge in [0.15, 0.2) is 0 Å². The molecule has 1 aliphatic carbocycles. The molecule has 0 spiro atoms. The van der Waals surface area contributed by atoms with Crippen molar-refractivity contribution < 1.29 is 5.11 Å². The highest BCUT2D eigenvalue weighted by Gasteiger charge is 2.30. The Morgan fingerprint density at radius 1 is 1.32 bits per heavy atom. The SMILES string of the molecule is Cc1[nH]nc2c1C(=NN=C(N)N)CC(c1ccccc1O)C2. The summed E-state index contributed by atoms with van der Waals surface area (Å²) in [5.74, 6) is 0.286. The predicted octanol–water partition coefficient (Wildman–Crippen LogP) is 1.13. The van der Waals surface area contributed by atoms with E-state index in [0.29, 0.717) is 6.42 Å². The van der Waals surface area contributed by atoms with E-state index in [1.54, 1.807) is 12.1 Å². The van der Waals surface area contributed by atoms with Gasteiger partial charge in [-0.2, -0.15) is 10.2 Å². The van der Waals surface area contributed by atoms with Crippen LogP contribution in [0.15, 0.2) is 34.5 Å². The van der Waals surface area contributed by atoms with Crippen molar-refractivity contribution >= 4 is 11.7 Å². The lowest BCUT2D eigenvalue weighted by Gasteiger charge is -2.23. The van der Waals surface area contributed by atoms with Crippen LogP contribution in [0.3, 0.4) is 0 Å². The minimum atomic E-state index is -0.0834. The van der Waals surface area contributed by atoms with Gasteiger partial charge in [0, 0.05) is 11.3 Å². The molecule has 1 aromatic carbocycles. The van der Waals surface area contributed by atoms with Gasteiger partial charge in [0.1, 0.15) is 5.75 Å². The van der Waals surface area contributed by atoms with Crippen molar-refractivity contribution in [2.75, 3.05) is 0 Å². The number of nitrogens with two attached hydrogens (primary N) is 2. The fourth-order valence-corrected chi connectivity index (χ4v) is 2.91. The molecule has 0 amide bonds. The highest BCUT2D eigenvalue weighted by atomic mass is 16.3. The second-order valence-electron chi connectivity index (χ2n) is 5.41. The summed E-state index contributed by atoms with van der Waals surface area (Å²) < 4.78 is 0. The Labute approximate surface area is 127 Å². The third-order valence-corrected chi connectivity index (χ3v) is 3.85. The molecule has 1 heterocycles. The zero-order valence-corrected chi connectivity index (χ0v) is 12.2. The Kier molecular flexibility index (Phi) is 3.54. The molecule has 7 nitrogen and oxygen atoms in total. The van der Waals surface area contributed by atoms with Gasteiger partial charge in [-0.25, -0.2) is 0 Å². The van der Waals surface area contributed by atoms with Crippen LogP contribution in [-0.2, 0) is 6.42 Å². The summed E-state index contributed by atoms with van der Waals surface area (Å²) in [5.41, 5.74) is 15.2. The Hall–Kier alpha value is -2.83. The third-order valence-electron chi connectivity index (χ3n) is 3.85. The fraction of sp³-hybridized carbons (Fsp3) is 0.267. The Morgan fingerprint density at radius 3 is 2.82 bits per heavy atom. The van der Waals surface area contributed by atoms with Gasteiger partial charge >= 0.3 is 0 Å². The van der Waals surface area contributed by atoms with Gasteiger partial charge < -0.3 is 16.6 Å². The van der Waals surface area contributed by atoms with E-state index in [4.69, 9.17) is 11.5 Å². The van der Waals surface area contributed by atoms with Gasteiger partial charge in [-0.05, 0) is 37.3 Å². The number of hydrogen-bond acceptors (Lipinski definition) is 4. The molecule has 1 atom stereocenters. The molecule has 1 aliphatic rings. The number of nitrogens with one attached hydrogen (secondary N) is 1.